The van der Waals surface area contributed by atoms with Crippen molar-refractivity contribution < 1.29 is 9.90 Å². The monoisotopic (exact) mass is 223 g/mol. The highest BCUT2D eigenvalue weighted by molar-refractivity contribution is 5.80. The lowest BCUT2D eigenvalue weighted by Gasteiger charge is -2.32. The molecule has 0 amide bonds. The number of nitrogens with zero attached hydrogens (tertiary/aromatic N) is 3. The van der Waals surface area contributed by atoms with Crippen LogP contribution in [0.2, 0.25) is 0 Å². The number of aliphatic carboxylic acids is 1. The quantitative estimate of drug-likeness (QED) is 0.844. The van der Waals surface area contributed by atoms with E-state index < -0.39 is 11.4 Å². The molecule has 5 heteroatoms. The van der Waals surface area contributed by atoms with Crippen LogP contribution < -0.4 is 0 Å². The summed E-state index contributed by atoms with van der Waals surface area (Å²) in [5, 5.41) is 13.6. The zero-order valence-electron chi connectivity index (χ0n) is 9.52. The summed E-state index contributed by atoms with van der Waals surface area (Å²) in [5.41, 5.74) is -0.801. The number of hydrogen-bond acceptors (Lipinski definition) is 3. The van der Waals surface area contributed by atoms with Crippen LogP contribution in [0.5, 0.6) is 0 Å². The summed E-state index contributed by atoms with van der Waals surface area (Å²) in [6, 6.07) is 0. The summed E-state index contributed by atoms with van der Waals surface area (Å²) in [6.07, 6.45) is 5.86. The zero-order chi connectivity index (χ0) is 11.6. The highest BCUT2D eigenvalue weighted by atomic mass is 16.4. The Balaban J connectivity index is 2.42. The van der Waals surface area contributed by atoms with E-state index in [0.717, 1.165) is 19.3 Å². The summed E-state index contributed by atoms with van der Waals surface area (Å²) in [5.74, 6) is -0.128. The highest BCUT2D eigenvalue weighted by Crippen LogP contribution is 2.38. The Bertz CT molecular complexity index is 380. The Kier molecular flexibility index (Phi) is 2.94. The second-order valence-corrected chi connectivity index (χ2v) is 4.35. The summed E-state index contributed by atoms with van der Waals surface area (Å²) in [7, 11) is 0. The average Bonchev–Trinajstić information content (AvgIpc) is 2.78. The maximum Gasteiger partial charge on any atom is 0.317 e. The van der Waals surface area contributed by atoms with Crippen molar-refractivity contribution in [2.45, 2.75) is 51.0 Å². The molecule has 1 aromatic rings. The molecule has 0 aliphatic heterocycles. The molecule has 1 fully saturated rings. The lowest BCUT2D eigenvalue weighted by atomic mass is 9.73. The first-order valence-corrected chi connectivity index (χ1v) is 5.82. The summed E-state index contributed by atoms with van der Waals surface area (Å²) in [4.78, 5) is 15.7. The third-order valence-electron chi connectivity index (χ3n) is 3.46. The third kappa shape index (κ3) is 1.60. The second kappa shape index (κ2) is 4.23. The second-order valence-electron chi connectivity index (χ2n) is 4.35. The van der Waals surface area contributed by atoms with Crippen molar-refractivity contribution in [2.75, 3.05) is 0 Å². The van der Waals surface area contributed by atoms with Crippen molar-refractivity contribution in [3.8, 4) is 0 Å². The van der Waals surface area contributed by atoms with Gasteiger partial charge in [-0.05, 0) is 19.8 Å². The average molecular weight is 223 g/mol. The van der Waals surface area contributed by atoms with Gasteiger partial charge in [0.15, 0.2) is 0 Å². The Morgan fingerprint density at radius 1 is 1.50 bits per heavy atom. The van der Waals surface area contributed by atoms with Crippen molar-refractivity contribution in [1.82, 2.24) is 14.8 Å². The molecular formula is C11H17N3O2. The molecule has 1 saturated carbocycles. The van der Waals surface area contributed by atoms with Crippen LogP contribution in [0.3, 0.4) is 0 Å². The van der Waals surface area contributed by atoms with E-state index in [9.17, 15) is 9.90 Å². The SMILES string of the molecule is CCn1ncnc1C1(C(=O)O)CCCCC1. The molecule has 1 aliphatic carbocycles. The number of carboxylic acids is 1. The van der Waals surface area contributed by atoms with Gasteiger partial charge in [-0.25, -0.2) is 9.67 Å². The van der Waals surface area contributed by atoms with Crippen molar-refractivity contribution in [1.29, 1.82) is 0 Å². The van der Waals surface area contributed by atoms with Gasteiger partial charge in [-0.15, -0.1) is 0 Å². The van der Waals surface area contributed by atoms with E-state index in [2.05, 4.69) is 10.1 Å². The number of aromatic nitrogens is 3. The fourth-order valence-corrected chi connectivity index (χ4v) is 2.55. The van der Waals surface area contributed by atoms with Gasteiger partial charge in [0.05, 0.1) is 0 Å². The molecule has 0 aromatic carbocycles. The van der Waals surface area contributed by atoms with Gasteiger partial charge in [0.1, 0.15) is 17.6 Å². The molecule has 0 bridgehead atoms. The first-order chi connectivity index (χ1) is 7.70. The van der Waals surface area contributed by atoms with Gasteiger partial charge >= 0.3 is 5.97 Å². The Morgan fingerprint density at radius 2 is 2.19 bits per heavy atom. The number of carboxylic acid groups (broad SMARTS) is 1. The first kappa shape index (κ1) is 11.1. The molecule has 16 heavy (non-hydrogen) atoms. The molecule has 1 aliphatic rings. The molecule has 88 valence electrons. The predicted molar refractivity (Wildman–Crippen MR) is 58.1 cm³/mol. The molecule has 2 rings (SSSR count). The summed E-state index contributed by atoms with van der Waals surface area (Å²) >= 11 is 0. The minimum absolute atomic E-state index is 0.627. The van der Waals surface area contributed by atoms with Crippen molar-refractivity contribution in [3.05, 3.63) is 12.2 Å². The lowest BCUT2D eigenvalue weighted by Crippen LogP contribution is -2.40. The Labute approximate surface area is 94.5 Å². The minimum atomic E-state index is -0.801. The van der Waals surface area contributed by atoms with Crippen LogP contribution in [0.15, 0.2) is 6.33 Å². The molecule has 0 radical (unpaired) electrons. The zero-order valence-corrected chi connectivity index (χ0v) is 9.52. The maximum atomic E-state index is 11.6. The van der Waals surface area contributed by atoms with Crippen LogP contribution in [0.1, 0.15) is 44.9 Å². The van der Waals surface area contributed by atoms with Gasteiger partial charge in [-0.3, -0.25) is 4.79 Å². The number of rotatable bonds is 3. The maximum absolute atomic E-state index is 11.6. The number of carbonyl (C=O) groups is 1. The molecule has 0 spiro atoms. The van der Waals surface area contributed by atoms with Crippen molar-refractivity contribution in [3.63, 3.8) is 0 Å². The van der Waals surface area contributed by atoms with E-state index in [4.69, 9.17) is 0 Å². The smallest absolute Gasteiger partial charge is 0.317 e. The van der Waals surface area contributed by atoms with Gasteiger partial charge < -0.3 is 5.11 Å². The molecule has 1 heterocycles. The fraction of sp³-hybridized carbons (Fsp3) is 0.727. The normalized spacial score (nSPS) is 19.6. The van der Waals surface area contributed by atoms with Crippen molar-refractivity contribution in [2.24, 2.45) is 0 Å². The molecule has 1 N–H and O–H groups in total. The van der Waals surface area contributed by atoms with Crippen LogP contribution in [-0.2, 0) is 16.8 Å². The van der Waals surface area contributed by atoms with Gasteiger partial charge in [-0.2, -0.15) is 5.10 Å². The number of aryl methyl sites for hydroxylation is 1. The summed E-state index contributed by atoms with van der Waals surface area (Å²) in [6.45, 7) is 2.63. The van der Waals surface area contributed by atoms with Crippen LogP contribution in [0, 0.1) is 0 Å². The first-order valence-electron chi connectivity index (χ1n) is 5.82. The van der Waals surface area contributed by atoms with Crippen LogP contribution in [0.4, 0.5) is 0 Å². The standard InChI is InChI=1S/C11H17N3O2/c1-2-14-9(12-8-13-14)11(10(15)16)6-4-3-5-7-11/h8H,2-7H2,1H3,(H,15,16). The van der Waals surface area contributed by atoms with Gasteiger partial charge in [-0.1, -0.05) is 19.3 Å². The van der Waals surface area contributed by atoms with Crippen molar-refractivity contribution >= 4 is 5.97 Å². The molecule has 0 unspecified atom stereocenters. The minimum Gasteiger partial charge on any atom is -0.480 e. The van der Waals surface area contributed by atoms with Crippen LogP contribution in [-0.4, -0.2) is 25.8 Å². The third-order valence-corrected chi connectivity index (χ3v) is 3.46. The molecule has 1 aromatic heterocycles. The molecule has 0 saturated heterocycles. The lowest BCUT2D eigenvalue weighted by molar-refractivity contribution is -0.145. The van der Waals surface area contributed by atoms with Gasteiger partial charge in [0, 0.05) is 6.54 Å². The van der Waals surface area contributed by atoms with E-state index in [-0.39, 0.29) is 0 Å². The van der Waals surface area contributed by atoms with Crippen LogP contribution in [0.25, 0.3) is 0 Å². The van der Waals surface area contributed by atoms with E-state index in [1.165, 1.54) is 6.33 Å². The Hall–Kier alpha value is -1.39. The summed E-state index contributed by atoms with van der Waals surface area (Å²) < 4.78 is 1.71. The topological polar surface area (TPSA) is 68.0 Å². The van der Waals surface area contributed by atoms with E-state index >= 15 is 0 Å². The van der Waals surface area contributed by atoms with E-state index in [0.29, 0.717) is 25.2 Å². The predicted octanol–water partition coefficient (Wildman–Crippen LogP) is 1.58. The van der Waals surface area contributed by atoms with E-state index in [1.807, 2.05) is 6.92 Å². The Morgan fingerprint density at radius 3 is 2.75 bits per heavy atom. The molecule has 5 nitrogen and oxygen atoms in total. The molecular weight excluding hydrogens is 206 g/mol. The van der Waals surface area contributed by atoms with Crippen LogP contribution >= 0.6 is 0 Å². The van der Waals surface area contributed by atoms with Gasteiger partial charge in [0.25, 0.3) is 0 Å². The number of hydrogen-bond donors (Lipinski definition) is 1. The largest absolute Gasteiger partial charge is 0.480 e. The fourth-order valence-electron chi connectivity index (χ4n) is 2.55. The van der Waals surface area contributed by atoms with E-state index in [1.54, 1.807) is 4.68 Å². The molecule has 0 atom stereocenters. The van der Waals surface area contributed by atoms with Gasteiger partial charge in [0.2, 0.25) is 0 Å². The highest BCUT2D eigenvalue weighted by Gasteiger charge is 2.45.